The predicted octanol–water partition coefficient (Wildman–Crippen LogP) is 1.45. The first kappa shape index (κ1) is 10.9. The zero-order valence-corrected chi connectivity index (χ0v) is 8.05. The second kappa shape index (κ2) is 4.90. The molecule has 6 heteroatoms. The van der Waals surface area contributed by atoms with Gasteiger partial charge in [0, 0.05) is 5.75 Å². The zero-order chi connectivity index (χ0) is 10.6. The van der Waals surface area contributed by atoms with E-state index < -0.39 is 23.4 Å². The molecular weight excluding hydrogens is 211 g/mol. The van der Waals surface area contributed by atoms with Crippen LogP contribution in [0.5, 0.6) is 0 Å². The van der Waals surface area contributed by atoms with E-state index in [2.05, 4.69) is 0 Å². The maximum Gasteiger partial charge on any atom is 0.371 e. The molecule has 0 amide bonds. The van der Waals surface area contributed by atoms with Crippen molar-refractivity contribution in [3.8, 4) is 0 Å². The number of carboxylic acid groups (broad SMARTS) is 1. The van der Waals surface area contributed by atoms with Crippen LogP contribution in [0.3, 0.4) is 0 Å². The van der Waals surface area contributed by atoms with Gasteiger partial charge in [-0.1, -0.05) is 0 Å². The van der Waals surface area contributed by atoms with E-state index in [4.69, 9.17) is 9.52 Å². The van der Waals surface area contributed by atoms with Crippen molar-refractivity contribution in [2.45, 2.75) is 11.5 Å². The van der Waals surface area contributed by atoms with Crippen molar-refractivity contribution in [1.29, 1.82) is 0 Å². The minimum Gasteiger partial charge on any atom is -0.475 e. The molecule has 4 nitrogen and oxygen atoms in total. The van der Waals surface area contributed by atoms with Crippen molar-refractivity contribution < 1.29 is 22.9 Å². The van der Waals surface area contributed by atoms with Gasteiger partial charge >= 0.3 is 5.97 Å². The maximum absolute atomic E-state index is 11.7. The third-order valence-electron chi connectivity index (χ3n) is 1.48. The van der Waals surface area contributed by atoms with Crippen molar-refractivity contribution >= 4 is 16.8 Å². The first-order chi connectivity index (χ1) is 6.65. The van der Waals surface area contributed by atoms with E-state index in [1.165, 1.54) is 12.1 Å². The largest absolute Gasteiger partial charge is 0.475 e. The van der Waals surface area contributed by atoms with E-state index in [0.717, 1.165) is 0 Å². The van der Waals surface area contributed by atoms with Gasteiger partial charge in [-0.25, -0.2) is 4.79 Å². The smallest absolute Gasteiger partial charge is 0.371 e. The Hall–Kier alpha value is -1.17. The number of furan rings is 1. The Morgan fingerprint density at radius 2 is 2.29 bits per heavy atom. The Morgan fingerprint density at radius 1 is 1.57 bits per heavy atom. The number of aromatic carboxylic acids is 1. The number of hydrogen-bond acceptors (Lipinski definition) is 3. The van der Waals surface area contributed by atoms with E-state index in [1.807, 2.05) is 0 Å². The van der Waals surface area contributed by atoms with Crippen LogP contribution in [-0.4, -0.2) is 27.7 Å². The van der Waals surface area contributed by atoms with Gasteiger partial charge in [0.2, 0.25) is 5.76 Å². The van der Waals surface area contributed by atoms with Crippen LogP contribution in [0.25, 0.3) is 0 Å². The van der Waals surface area contributed by atoms with Crippen molar-refractivity contribution in [2.75, 3.05) is 12.4 Å². The maximum atomic E-state index is 11.7. The van der Waals surface area contributed by atoms with E-state index >= 15 is 0 Å². The van der Waals surface area contributed by atoms with E-state index in [1.54, 1.807) is 0 Å². The van der Waals surface area contributed by atoms with Crippen LogP contribution in [0, 0.1) is 0 Å². The number of hydrogen-bond donors (Lipinski definition) is 1. The van der Waals surface area contributed by atoms with Gasteiger partial charge in [-0.05, 0) is 18.6 Å². The molecule has 0 spiro atoms. The predicted molar refractivity (Wildman–Crippen MR) is 47.5 cm³/mol. The Kier molecular flexibility index (Phi) is 3.82. The number of alkyl halides is 1. The number of carbonyl (C=O) groups is 1. The SMILES string of the molecule is O=C(O)c1ccc(S(=O)CCCF)o1. The zero-order valence-electron chi connectivity index (χ0n) is 7.23. The lowest BCUT2D eigenvalue weighted by Crippen LogP contribution is -1.98. The van der Waals surface area contributed by atoms with Crippen LogP contribution < -0.4 is 0 Å². The average Bonchev–Trinajstić information content (AvgIpc) is 2.62. The topological polar surface area (TPSA) is 67.5 Å². The lowest BCUT2D eigenvalue weighted by atomic mass is 10.5. The van der Waals surface area contributed by atoms with Gasteiger partial charge in [0.15, 0.2) is 5.09 Å². The second-order valence-corrected chi connectivity index (χ2v) is 4.02. The Labute approximate surface area is 82.2 Å². The summed E-state index contributed by atoms with van der Waals surface area (Å²) >= 11 is 0. The molecule has 14 heavy (non-hydrogen) atoms. The molecule has 1 atom stereocenters. The van der Waals surface area contributed by atoms with Crippen molar-refractivity contribution in [1.82, 2.24) is 0 Å². The molecule has 0 aromatic carbocycles. The van der Waals surface area contributed by atoms with Crippen LogP contribution in [-0.2, 0) is 10.8 Å². The summed E-state index contributed by atoms with van der Waals surface area (Å²) in [5.74, 6) is -1.32. The highest BCUT2D eigenvalue weighted by molar-refractivity contribution is 7.84. The molecule has 1 N–H and O–H groups in total. The summed E-state index contributed by atoms with van der Waals surface area (Å²) in [6.07, 6.45) is 0.176. The van der Waals surface area contributed by atoms with E-state index in [9.17, 15) is 13.4 Å². The summed E-state index contributed by atoms with van der Waals surface area (Å²) in [5, 5.41) is 8.58. The van der Waals surface area contributed by atoms with Gasteiger partial charge < -0.3 is 9.52 Å². The molecule has 0 saturated carbocycles. The number of rotatable bonds is 5. The third kappa shape index (κ3) is 2.66. The van der Waals surface area contributed by atoms with Gasteiger partial charge in [0.1, 0.15) is 0 Å². The minimum absolute atomic E-state index is 0.0795. The molecule has 0 saturated heterocycles. The molecule has 0 bridgehead atoms. The third-order valence-corrected chi connectivity index (χ3v) is 2.81. The standard InChI is InChI=1S/C8H9FO4S/c9-4-1-5-14(12)7-3-2-6(13-7)8(10)11/h2-3H,1,4-5H2,(H,10,11). The van der Waals surface area contributed by atoms with Crippen LogP contribution in [0.4, 0.5) is 4.39 Å². The van der Waals surface area contributed by atoms with Crippen molar-refractivity contribution in [2.24, 2.45) is 0 Å². The summed E-state index contributed by atoms with van der Waals surface area (Å²) in [6.45, 7) is -0.543. The molecule has 0 radical (unpaired) electrons. The minimum atomic E-state index is -1.45. The molecule has 1 aromatic heterocycles. The lowest BCUT2D eigenvalue weighted by molar-refractivity contribution is 0.0656. The van der Waals surface area contributed by atoms with Gasteiger partial charge in [0.25, 0.3) is 0 Å². The van der Waals surface area contributed by atoms with Gasteiger partial charge in [-0.3, -0.25) is 8.60 Å². The first-order valence-corrected chi connectivity index (χ1v) is 5.24. The number of carboxylic acids is 1. The Morgan fingerprint density at radius 3 is 2.79 bits per heavy atom. The van der Waals surface area contributed by atoms with E-state index in [-0.39, 0.29) is 23.0 Å². The number of halogens is 1. The molecule has 1 unspecified atom stereocenters. The monoisotopic (exact) mass is 220 g/mol. The molecular formula is C8H9FO4S. The summed E-state index contributed by atoms with van der Waals surface area (Å²) in [6, 6.07) is 2.56. The van der Waals surface area contributed by atoms with Crippen LogP contribution in [0.1, 0.15) is 17.0 Å². The van der Waals surface area contributed by atoms with Crippen LogP contribution >= 0.6 is 0 Å². The highest BCUT2D eigenvalue weighted by Crippen LogP contribution is 2.12. The summed E-state index contributed by atoms with van der Waals surface area (Å²) in [7, 11) is -1.45. The van der Waals surface area contributed by atoms with Gasteiger partial charge in [-0.2, -0.15) is 0 Å². The molecule has 78 valence electrons. The fourth-order valence-corrected chi connectivity index (χ4v) is 1.82. The van der Waals surface area contributed by atoms with Crippen molar-refractivity contribution in [3.05, 3.63) is 17.9 Å². The molecule has 0 aliphatic rings. The molecule has 0 fully saturated rings. The molecule has 1 heterocycles. The fraction of sp³-hybridized carbons (Fsp3) is 0.375. The van der Waals surface area contributed by atoms with Crippen molar-refractivity contribution in [3.63, 3.8) is 0 Å². The highest BCUT2D eigenvalue weighted by Gasteiger charge is 2.13. The first-order valence-electron chi connectivity index (χ1n) is 3.92. The normalized spacial score (nSPS) is 12.6. The molecule has 1 rings (SSSR count). The average molecular weight is 220 g/mol. The Bertz CT molecular complexity index is 347. The van der Waals surface area contributed by atoms with Crippen LogP contribution in [0.15, 0.2) is 21.6 Å². The quantitative estimate of drug-likeness (QED) is 0.815. The summed E-state index contributed by atoms with van der Waals surface area (Å²) in [5.41, 5.74) is 0. The Balaban J connectivity index is 2.66. The fourth-order valence-electron chi connectivity index (χ4n) is 0.844. The van der Waals surface area contributed by atoms with Gasteiger partial charge in [-0.15, -0.1) is 0 Å². The van der Waals surface area contributed by atoms with Crippen LogP contribution in [0.2, 0.25) is 0 Å². The van der Waals surface area contributed by atoms with E-state index in [0.29, 0.717) is 0 Å². The molecule has 0 aliphatic heterocycles. The second-order valence-electron chi connectivity index (χ2n) is 2.52. The molecule has 1 aromatic rings. The van der Waals surface area contributed by atoms with Gasteiger partial charge in [0.05, 0.1) is 17.5 Å². The lowest BCUT2D eigenvalue weighted by Gasteiger charge is -1.94. The molecule has 0 aliphatic carbocycles. The highest BCUT2D eigenvalue weighted by atomic mass is 32.2. The summed E-state index contributed by atoms with van der Waals surface area (Å²) in [4.78, 5) is 10.4. The summed E-state index contributed by atoms with van der Waals surface area (Å²) < 4.78 is 27.8.